The summed E-state index contributed by atoms with van der Waals surface area (Å²) >= 11 is 0. The van der Waals surface area contributed by atoms with Crippen molar-refractivity contribution >= 4 is 5.95 Å². The molecule has 1 unspecified atom stereocenters. The summed E-state index contributed by atoms with van der Waals surface area (Å²) in [6, 6.07) is 14.9. The van der Waals surface area contributed by atoms with Crippen LogP contribution in [0.15, 0.2) is 48.7 Å². The van der Waals surface area contributed by atoms with Crippen molar-refractivity contribution in [2.75, 3.05) is 11.9 Å². The Balaban J connectivity index is 1.49. The van der Waals surface area contributed by atoms with E-state index in [0.29, 0.717) is 6.04 Å². The van der Waals surface area contributed by atoms with Crippen LogP contribution < -0.4 is 4.90 Å². The van der Waals surface area contributed by atoms with Crippen LogP contribution >= 0.6 is 0 Å². The van der Waals surface area contributed by atoms with Gasteiger partial charge >= 0.3 is 0 Å². The van der Waals surface area contributed by atoms with Gasteiger partial charge in [0.15, 0.2) is 0 Å². The number of anilines is 1. The molecule has 134 valence electrons. The molecule has 0 saturated heterocycles. The van der Waals surface area contributed by atoms with Crippen molar-refractivity contribution in [2.24, 2.45) is 7.05 Å². The van der Waals surface area contributed by atoms with Crippen molar-refractivity contribution in [2.45, 2.75) is 32.6 Å². The molecular formula is C20H24N6. The van der Waals surface area contributed by atoms with Crippen molar-refractivity contribution in [3.63, 3.8) is 0 Å². The molecule has 3 heterocycles. The maximum Gasteiger partial charge on any atom is 0.227 e. The molecule has 4 rings (SSSR count). The summed E-state index contributed by atoms with van der Waals surface area (Å²) < 4.78 is 2.11. The number of fused-ring (bicyclic) bond motifs is 1. The van der Waals surface area contributed by atoms with Gasteiger partial charge in [0.25, 0.3) is 0 Å². The van der Waals surface area contributed by atoms with Gasteiger partial charge < -0.3 is 4.90 Å². The molecule has 0 amide bonds. The molecule has 3 aromatic rings. The van der Waals surface area contributed by atoms with Gasteiger partial charge in [-0.3, -0.25) is 14.5 Å². The molecule has 0 saturated carbocycles. The second-order valence-corrected chi connectivity index (χ2v) is 6.97. The maximum atomic E-state index is 4.49. The quantitative estimate of drug-likeness (QED) is 0.710. The van der Waals surface area contributed by atoms with Gasteiger partial charge in [-0.25, -0.2) is 0 Å². The molecule has 26 heavy (non-hydrogen) atoms. The van der Waals surface area contributed by atoms with Crippen LogP contribution in [0.4, 0.5) is 5.95 Å². The Hall–Kier alpha value is -2.73. The lowest BCUT2D eigenvalue weighted by Gasteiger charge is -2.23. The van der Waals surface area contributed by atoms with E-state index in [2.05, 4.69) is 74.8 Å². The van der Waals surface area contributed by atoms with Crippen molar-refractivity contribution in [1.82, 2.24) is 24.6 Å². The molecule has 6 nitrogen and oxygen atoms in total. The Morgan fingerprint density at radius 3 is 2.65 bits per heavy atom. The first-order valence-corrected chi connectivity index (χ1v) is 8.94. The van der Waals surface area contributed by atoms with Crippen LogP contribution in [-0.4, -0.2) is 31.7 Å². The van der Waals surface area contributed by atoms with Crippen molar-refractivity contribution in [3.05, 3.63) is 71.3 Å². The highest BCUT2D eigenvalue weighted by Crippen LogP contribution is 2.36. The predicted octanol–water partition coefficient (Wildman–Crippen LogP) is 2.92. The second-order valence-electron chi connectivity index (χ2n) is 6.97. The Kier molecular flexibility index (Phi) is 4.42. The highest BCUT2D eigenvalue weighted by Gasteiger charge is 2.29. The van der Waals surface area contributed by atoms with Gasteiger partial charge in [-0.15, -0.1) is 10.2 Å². The standard InChI is InChI=1S/C20H24N6/c1-15-18-10-5-4-8-16(18)12-26(15)20-23-22-19(25(20)3)14-24(2)13-17-9-6-7-11-21-17/h4-11,15H,12-14H2,1-3H3. The monoisotopic (exact) mass is 348 g/mol. The minimum Gasteiger partial charge on any atom is -0.330 e. The van der Waals surface area contributed by atoms with Crippen LogP contribution in [0.25, 0.3) is 0 Å². The zero-order valence-electron chi connectivity index (χ0n) is 15.5. The average Bonchev–Trinajstić information content (AvgIpc) is 3.16. The highest BCUT2D eigenvalue weighted by atomic mass is 15.4. The zero-order chi connectivity index (χ0) is 18.1. The number of nitrogens with zero attached hydrogens (tertiary/aromatic N) is 6. The summed E-state index contributed by atoms with van der Waals surface area (Å²) in [4.78, 5) is 8.92. The van der Waals surface area contributed by atoms with E-state index in [0.717, 1.165) is 37.1 Å². The Morgan fingerprint density at radius 2 is 1.88 bits per heavy atom. The highest BCUT2D eigenvalue weighted by molar-refractivity contribution is 5.47. The molecule has 6 heteroatoms. The molecule has 0 radical (unpaired) electrons. The van der Waals surface area contributed by atoms with Crippen molar-refractivity contribution in [1.29, 1.82) is 0 Å². The summed E-state index contributed by atoms with van der Waals surface area (Å²) in [5.74, 6) is 1.89. The first kappa shape index (κ1) is 16.7. The molecule has 1 aromatic carbocycles. The lowest BCUT2D eigenvalue weighted by atomic mass is 10.1. The summed E-state index contributed by atoms with van der Waals surface area (Å²) in [6.07, 6.45) is 1.83. The van der Waals surface area contributed by atoms with E-state index < -0.39 is 0 Å². The second kappa shape index (κ2) is 6.88. The van der Waals surface area contributed by atoms with Crippen LogP contribution in [0, 0.1) is 0 Å². The zero-order valence-corrected chi connectivity index (χ0v) is 15.5. The first-order chi connectivity index (χ1) is 12.6. The molecule has 1 aliphatic rings. The van der Waals surface area contributed by atoms with E-state index in [1.165, 1.54) is 11.1 Å². The number of pyridine rings is 1. The van der Waals surface area contributed by atoms with Crippen LogP contribution in [0.2, 0.25) is 0 Å². The molecule has 0 bridgehead atoms. The first-order valence-electron chi connectivity index (χ1n) is 8.94. The van der Waals surface area contributed by atoms with Crippen molar-refractivity contribution in [3.8, 4) is 0 Å². The number of benzene rings is 1. The maximum absolute atomic E-state index is 4.49. The summed E-state index contributed by atoms with van der Waals surface area (Å²) in [5, 5.41) is 8.94. The Labute approximate surface area is 154 Å². The lowest BCUT2D eigenvalue weighted by Crippen LogP contribution is -2.24. The van der Waals surface area contributed by atoms with Crippen LogP contribution in [0.5, 0.6) is 0 Å². The average molecular weight is 348 g/mol. The fourth-order valence-electron chi connectivity index (χ4n) is 3.62. The Morgan fingerprint density at radius 1 is 1.08 bits per heavy atom. The summed E-state index contributed by atoms with van der Waals surface area (Å²) in [5.41, 5.74) is 3.81. The topological polar surface area (TPSA) is 50.1 Å². The van der Waals surface area contributed by atoms with Crippen molar-refractivity contribution < 1.29 is 0 Å². The van der Waals surface area contributed by atoms with Gasteiger partial charge in [0, 0.05) is 26.3 Å². The molecule has 0 spiro atoms. The predicted molar refractivity (Wildman–Crippen MR) is 101 cm³/mol. The van der Waals surface area contributed by atoms with Gasteiger partial charge in [0.05, 0.1) is 18.3 Å². The van der Waals surface area contributed by atoms with E-state index in [1.807, 2.05) is 24.4 Å². The fraction of sp³-hybridized carbons (Fsp3) is 0.350. The molecule has 2 aromatic heterocycles. The minimum absolute atomic E-state index is 0.313. The Bertz CT molecular complexity index is 888. The summed E-state index contributed by atoms with van der Waals surface area (Å²) in [7, 11) is 4.13. The normalized spacial score (nSPS) is 16.3. The number of hydrogen-bond acceptors (Lipinski definition) is 5. The van der Waals surface area contributed by atoms with E-state index in [4.69, 9.17) is 0 Å². The molecule has 1 atom stereocenters. The molecule has 1 aliphatic heterocycles. The van der Waals surface area contributed by atoms with E-state index in [-0.39, 0.29) is 0 Å². The molecule has 0 fully saturated rings. The smallest absolute Gasteiger partial charge is 0.227 e. The third-order valence-corrected chi connectivity index (χ3v) is 5.08. The third-order valence-electron chi connectivity index (χ3n) is 5.08. The van der Waals surface area contributed by atoms with E-state index >= 15 is 0 Å². The van der Waals surface area contributed by atoms with Crippen LogP contribution in [0.1, 0.15) is 35.6 Å². The minimum atomic E-state index is 0.313. The lowest BCUT2D eigenvalue weighted by molar-refractivity contribution is 0.303. The van der Waals surface area contributed by atoms with Gasteiger partial charge in [-0.05, 0) is 37.2 Å². The van der Waals surface area contributed by atoms with E-state index in [9.17, 15) is 0 Å². The fourth-order valence-corrected chi connectivity index (χ4v) is 3.62. The number of rotatable bonds is 5. The van der Waals surface area contributed by atoms with Crippen LogP contribution in [0.3, 0.4) is 0 Å². The summed E-state index contributed by atoms with van der Waals surface area (Å²) in [6.45, 7) is 4.63. The van der Waals surface area contributed by atoms with Crippen LogP contribution in [-0.2, 0) is 26.7 Å². The molecular weight excluding hydrogens is 324 g/mol. The number of hydrogen-bond donors (Lipinski definition) is 0. The van der Waals surface area contributed by atoms with Gasteiger partial charge in [0.2, 0.25) is 5.95 Å². The van der Waals surface area contributed by atoms with Gasteiger partial charge in [0.1, 0.15) is 5.82 Å². The SMILES string of the molecule is CC1c2ccccc2CN1c1nnc(CN(C)Cc2ccccn2)n1C. The third kappa shape index (κ3) is 3.08. The van der Waals surface area contributed by atoms with Gasteiger partial charge in [-0.1, -0.05) is 30.3 Å². The molecule has 0 aliphatic carbocycles. The largest absolute Gasteiger partial charge is 0.330 e. The van der Waals surface area contributed by atoms with E-state index in [1.54, 1.807) is 0 Å². The van der Waals surface area contributed by atoms with Gasteiger partial charge in [-0.2, -0.15) is 0 Å². The number of aromatic nitrogens is 4. The molecule has 0 N–H and O–H groups in total.